The van der Waals surface area contributed by atoms with Crippen LogP contribution in [0.5, 0.6) is 11.5 Å². The van der Waals surface area contributed by atoms with Gasteiger partial charge in [0.15, 0.2) is 0 Å². The Morgan fingerprint density at radius 1 is 0.367 bits per heavy atom. The Kier molecular flexibility index (Phi) is 6.93. The van der Waals surface area contributed by atoms with E-state index in [0.29, 0.717) is 0 Å². The summed E-state index contributed by atoms with van der Waals surface area (Å²) in [6, 6.07) is 79.9. The normalized spacial score (nSPS) is 13.3. The first-order valence-corrected chi connectivity index (χ1v) is 20.7. The van der Waals surface area contributed by atoms with Crippen molar-refractivity contribution >= 4 is 60.4 Å². The minimum absolute atomic E-state index is 0.639. The number of aromatic nitrogens is 1. The zero-order valence-corrected chi connectivity index (χ0v) is 32.6. The van der Waals surface area contributed by atoms with Gasteiger partial charge in [0.25, 0.3) is 0 Å². The molecule has 0 N–H and O–H groups in total. The van der Waals surface area contributed by atoms with Gasteiger partial charge in [0.05, 0.1) is 16.4 Å². The van der Waals surface area contributed by atoms with E-state index in [4.69, 9.17) is 4.74 Å². The number of hydrogen-bond donors (Lipinski definition) is 0. The van der Waals surface area contributed by atoms with Gasteiger partial charge in [0, 0.05) is 44.6 Å². The summed E-state index contributed by atoms with van der Waals surface area (Å²) < 4.78 is 9.17. The minimum Gasteiger partial charge on any atom is -0.457 e. The highest BCUT2D eigenvalue weighted by atomic mass is 16.5. The zero-order chi connectivity index (χ0) is 39.4. The van der Waals surface area contributed by atoms with Crippen LogP contribution in [0.4, 0.5) is 17.1 Å². The number of rotatable bonds is 4. The second-order valence-electron chi connectivity index (χ2n) is 16.0. The molecule has 2 heterocycles. The summed E-state index contributed by atoms with van der Waals surface area (Å²) in [6.07, 6.45) is 0. The standard InChI is InChI=1S/C57H36N2O/c1-2-18-40(19-3-1)58(43-31-33-46-45-20-6-9-25-52(45)59(53(46)36-43)41-29-28-37-14-4-5-15-39(37)34-41)42-30-32-44-47-21-12-16-38-17-13-24-50(56(38)47)57(51(44)35-42)48-22-7-10-26-54(48)60-55-27-11-8-23-49(55)57/h1-36H. The Balaban J connectivity index is 1.10. The second-order valence-corrected chi connectivity index (χ2v) is 16.0. The van der Waals surface area contributed by atoms with Crippen molar-refractivity contribution in [3.05, 3.63) is 241 Å². The molecule has 2 aliphatic rings. The van der Waals surface area contributed by atoms with Crippen molar-refractivity contribution in [2.24, 2.45) is 0 Å². The topological polar surface area (TPSA) is 17.4 Å². The molecule has 0 unspecified atom stereocenters. The quantitative estimate of drug-likeness (QED) is 0.178. The predicted octanol–water partition coefficient (Wildman–Crippen LogP) is 15.0. The number of ether oxygens (including phenoxy) is 1. The highest BCUT2D eigenvalue weighted by Crippen LogP contribution is 2.61. The highest BCUT2D eigenvalue weighted by molar-refractivity contribution is 6.11. The van der Waals surface area contributed by atoms with E-state index in [1.165, 1.54) is 60.1 Å². The fourth-order valence-electron chi connectivity index (χ4n) is 10.5. The Hall–Kier alpha value is -7.88. The van der Waals surface area contributed by atoms with Gasteiger partial charge < -0.3 is 14.2 Å². The van der Waals surface area contributed by atoms with Crippen LogP contribution in [0.2, 0.25) is 0 Å². The van der Waals surface area contributed by atoms with Crippen LogP contribution in [-0.2, 0) is 5.41 Å². The first-order chi connectivity index (χ1) is 29.8. The average molecular weight is 765 g/mol. The first kappa shape index (κ1) is 33.1. The molecule has 10 aromatic carbocycles. The van der Waals surface area contributed by atoms with E-state index in [-0.39, 0.29) is 0 Å². The molecule has 3 nitrogen and oxygen atoms in total. The first-order valence-electron chi connectivity index (χ1n) is 20.7. The molecule has 0 saturated carbocycles. The van der Waals surface area contributed by atoms with Crippen molar-refractivity contribution in [3.8, 4) is 28.3 Å². The van der Waals surface area contributed by atoms with Crippen molar-refractivity contribution in [3.63, 3.8) is 0 Å². The molecule has 3 heteroatoms. The van der Waals surface area contributed by atoms with Gasteiger partial charge in [-0.05, 0) is 111 Å². The van der Waals surface area contributed by atoms with Crippen LogP contribution >= 0.6 is 0 Å². The third-order valence-corrected chi connectivity index (χ3v) is 13.0. The Bertz CT molecular complexity index is 3490. The molecule has 1 aromatic heterocycles. The second kappa shape index (κ2) is 12.6. The predicted molar refractivity (Wildman–Crippen MR) is 248 cm³/mol. The molecule has 1 spiro atoms. The van der Waals surface area contributed by atoms with Gasteiger partial charge in [-0.25, -0.2) is 0 Å². The van der Waals surface area contributed by atoms with E-state index in [1.807, 2.05) is 0 Å². The highest BCUT2D eigenvalue weighted by Gasteiger charge is 2.49. The van der Waals surface area contributed by atoms with Crippen LogP contribution < -0.4 is 9.64 Å². The molecule has 0 fully saturated rings. The van der Waals surface area contributed by atoms with Crippen LogP contribution in [0.15, 0.2) is 218 Å². The summed E-state index contributed by atoms with van der Waals surface area (Å²) in [5, 5.41) is 7.44. The van der Waals surface area contributed by atoms with Gasteiger partial charge >= 0.3 is 0 Å². The molecule has 0 saturated heterocycles. The lowest BCUT2D eigenvalue weighted by Crippen LogP contribution is -2.36. The van der Waals surface area contributed by atoms with E-state index in [2.05, 4.69) is 228 Å². The van der Waals surface area contributed by atoms with Gasteiger partial charge in [-0.15, -0.1) is 0 Å². The molecule has 1 aliphatic heterocycles. The molecular formula is C57H36N2O. The minimum atomic E-state index is -0.639. The van der Waals surface area contributed by atoms with Crippen molar-refractivity contribution in [1.82, 2.24) is 4.57 Å². The lowest BCUT2D eigenvalue weighted by atomic mass is 9.58. The lowest BCUT2D eigenvalue weighted by Gasteiger charge is -2.45. The molecule has 0 radical (unpaired) electrons. The number of anilines is 3. The molecule has 0 bridgehead atoms. The SMILES string of the molecule is c1ccc(N(c2ccc3c(c2)C2(c4ccccc4Oc4ccccc42)c2cccc4cccc-3c24)c2ccc3c4ccccc4n(-c4ccc5ccccc5c4)c3c2)cc1. The third kappa shape index (κ3) is 4.54. The van der Waals surface area contributed by atoms with Crippen molar-refractivity contribution < 1.29 is 4.74 Å². The average Bonchev–Trinajstić information content (AvgIpc) is 3.64. The molecule has 280 valence electrons. The monoisotopic (exact) mass is 764 g/mol. The van der Waals surface area contributed by atoms with Gasteiger partial charge in [-0.3, -0.25) is 0 Å². The molecule has 11 aromatic rings. The summed E-state index contributed by atoms with van der Waals surface area (Å²) in [5.41, 5.74) is 13.4. The third-order valence-electron chi connectivity index (χ3n) is 13.0. The number of benzene rings is 10. The maximum Gasteiger partial charge on any atom is 0.132 e. The van der Waals surface area contributed by atoms with Gasteiger partial charge in [0.1, 0.15) is 11.5 Å². The largest absolute Gasteiger partial charge is 0.457 e. The molecule has 0 amide bonds. The van der Waals surface area contributed by atoms with Crippen LogP contribution in [0.25, 0.3) is 60.2 Å². The summed E-state index contributed by atoms with van der Waals surface area (Å²) in [4.78, 5) is 2.42. The Morgan fingerprint density at radius 3 is 1.83 bits per heavy atom. The van der Waals surface area contributed by atoms with Crippen LogP contribution in [0, 0.1) is 0 Å². The number of fused-ring (bicyclic) bond motifs is 12. The van der Waals surface area contributed by atoms with Crippen LogP contribution in [0.3, 0.4) is 0 Å². The molecule has 0 atom stereocenters. The van der Waals surface area contributed by atoms with E-state index in [1.54, 1.807) is 0 Å². The lowest BCUT2D eigenvalue weighted by molar-refractivity contribution is 0.435. The molecule has 60 heavy (non-hydrogen) atoms. The zero-order valence-electron chi connectivity index (χ0n) is 32.6. The fourth-order valence-corrected chi connectivity index (χ4v) is 10.5. The Labute approximate surface area is 347 Å². The van der Waals surface area contributed by atoms with Crippen molar-refractivity contribution in [2.45, 2.75) is 5.41 Å². The van der Waals surface area contributed by atoms with E-state index >= 15 is 0 Å². The summed E-state index contributed by atoms with van der Waals surface area (Å²) in [5.74, 6) is 1.77. The summed E-state index contributed by atoms with van der Waals surface area (Å²) >= 11 is 0. The number of hydrogen-bond acceptors (Lipinski definition) is 2. The summed E-state index contributed by atoms with van der Waals surface area (Å²) in [7, 11) is 0. The maximum atomic E-state index is 6.74. The van der Waals surface area contributed by atoms with E-state index < -0.39 is 5.41 Å². The smallest absolute Gasteiger partial charge is 0.132 e. The van der Waals surface area contributed by atoms with Gasteiger partial charge in [-0.1, -0.05) is 152 Å². The maximum absolute atomic E-state index is 6.74. The number of para-hydroxylation sites is 4. The van der Waals surface area contributed by atoms with E-state index in [0.717, 1.165) is 50.9 Å². The van der Waals surface area contributed by atoms with E-state index in [9.17, 15) is 0 Å². The van der Waals surface area contributed by atoms with Crippen LogP contribution in [-0.4, -0.2) is 4.57 Å². The Morgan fingerprint density at radius 2 is 1.00 bits per heavy atom. The molecule has 1 aliphatic carbocycles. The van der Waals surface area contributed by atoms with Gasteiger partial charge in [0.2, 0.25) is 0 Å². The van der Waals surface area contributed by atoms with Gasteiger partial charge in [-0.2, -0.15) is 0 Å². The van der Waals surface area contributed by atoms with Crippen LogP contribution in [0.1, 0.15) is 22.3 Å². The van der Waals surface area contributed by atoms with Crippen molar-refractivity contribution in [1.29, 1.82) is 0 Å². The van der Waals surface area contributed by atoms with Crippen molar-refractivity contribution in [2.75, 3.05) is 4.90 Å². The number of nitrogens with zero attached hydrogens (tertiary/aromatic N) is 2. The molecular weight excluding hydrogens is 729 g/mol. The molecule has 13 rings (SSSR count). The fraction of sp³-hybridized carbons (Fsp3) is 0.0175. The summed E-state index contributed by atoms with van der Waals surface area (Å²) in [6.45, 7) is 0.